The molecule has 28 heavy (non-hydrogen) atoms. The third-order valence-electron chi connectivity index (χ3n) is 6.42. The number of halogens is 1. The van der Waals surface area contributed by atoms with Crippen molar-refractivity contribution in [1.82, 2.24) is 4.90 Å². The van der Waals surface area contributed by atoms with Crippen molar-refractivity contribution >= 4 is 11.4 Å². The lowest BCUT2D eigenvalue weighted by Gasteiger charge is -2.48. The molecule has 0 spiro atoms. The van der Waals surface area contributed by atoms with Gasteiger partial charge in [-0.2, -0.15) is 4.39 Å². The van der Waals surface area contributed by atoms with Crippen molar-refractivity contribution in [3.05, 3.63) is 33.6 Å². The van der Waals surface area contributed by atoms with Crippen LogP contribution in [0.15, 0.2) is 12.1 Å². The zero-order valence-electron chi connectivity index (χ0n) is 17.2. The van der Waals surface area contributed by atoms with Crippen LogP contribution in [0.2, 0.25) is 0 Å². The van der Waals surface area contributed by atoms with Crippen LogP contribution in [0.4, 0.5) is 15.8 Å². The number of nitrogens with one attached hydrogen (secondary N) is 1. The number of anilines is 1. The quantitative estimate of drug-likeness (QED) is 0.562. The van der Waals surface area contributed by atoms with Gasteiger partial charge >= 0.3 is 5.69 Å². The molecule has 1 saturated heterocycles. The molecule has 6 nitrogen and oxygen atoms in total. The van der Waals surface area contributed by atoms with E-state index < -0.39 is 16.4 Å². The lowest BCUT2D eigenvalue weighted by Crippen LogP contribution is -2.53. The van der Waals surface area contributed by atoms with E-state index >= 15 is 0 Å². The molecular formula is C21H32FN3O3. The molecule has 1 aliphatic heterocycles. The van der Waals surface area contributed by atoms with Crippen molar-refractivity contribution in [2.24, 2.45) is 0 Å². The second-order valence-corrected chi connectivity index (χ2v) is 8.46. The van der Waals surface area contributed by atoms with Gasteiger partial charge in [0, 0.05) is 31.3 Å². The van der Waals surface area contributed by atoms with Crippen molar-refractivity contribution in [2.45, 2.75) is 77.0 Å². The Balaban J connectivity index is 1.59. The molecule has 1 N–H and O–H groups in total. The number of ether oxygens (including phenoxy) is 1. The van der Waals surface area contributed by atoms with Crippen molar-refractivity contribution in [1.29, 1.82) is 0 Å². The fourth-order valence-electron chi connectivity index (χ4n) is 4.75. The van der Waals surface area contributed by atoms with Gasteiger partial charge < -0.3 is 10.1 Å². The number of nitro benzene ring substituents is 1. The molecule has 2 aliphatic rings. The van der Waals surface area contributed by atoms with E-state index in [1.54, 1.807) is 13.0 Å². The lowest BCUT2D eigenvalue weighted by atomic mass is 9.79. The molecular weight excluding hydrogens is 361 g/mol. The Hall–Kier alpha value is -1.73. The Morgan fingerprint density at radius 3 is 2.50 bits per heavy atom. The smallest absolute Gasteiger partial charge is 0.327 e. The fraction of sp³-hybridized carbons (Fsp3) is 0.714. The highest BCUT2D eigenvalue weighted by atomic mass is 19.1. The zero-order valence-corrected chi connectivity index (χ0v) is 17.2. The average molecular weight is 394 g/mol. The van der Waals surface area contributed by atoms with Gasteiger partial charge in [0.05, 0.1) is 11.0 Å². The van der Waals surface area contributed by atoms with E-state index in [0.717, 1.165) is 58.2 Å². The number of hydrogen-bond acceptors (Lipinski definition) is 5. The normalized spacial score (nSPS) is 26.9. The number of nitro groups is 1. The van der Waals surface area contributed by atoms with Crippen molar-refractivity contribution < 1.29 is 14.1 Å². The molecule has 2 fully saturated rings. The Bertz CT molecular complexity index is 696. The summed E-state index contributed by atoms with van der Waals surface area (Å²) in [6.07, 6.45) is 6.70. The van der Waals surface area contributed by atoms with Gasteiger partial charge in [-0.3, -0.25) is 15.0 Å². The molecule has 7 heteroatoms. The highest BCUT2D eigenvalue weighted by molar-refractivity contribution is 5.64. The molecule has 0 aromatic heterocycles. The largest absolute Gasteiger partial charge is 0.379 e. The maximum atomic E-state index is 14.1. The van der Waals surface area contributed by atoms with Crippen LogP contribution in [0.5, 0.6) is 0 Å². The Kier molecular flexibility index (Phi) is 6.55. The summed E-state index contributed by atoms with van der Waals surface area (Å²) in [5.74, 6) is -0.775. The van der Waals surface area contributed by atoms with Gasteiger partial charge in [-0.05, 0) is 77.0 Å². The van der Waals surface area contributed by atoms with Gasteiger partial charge in [-0.15, -0.1) is 0 Å². The second kappa shape index (κ2) is 8.74. The zero-order chi connectivity index (χ0) is 20.3. The first kappa shape index (κ1) is 21.0. The summed E-state index contributed by atoms with van der Waals surface area (Å²) < 4.78 is 19.8. The summed E-state index contributed by atoms with van der Waals surface area (Å²) in [6, 6.07) is 3.01. The second-order valence-electron chi connectivity index (χ2n) is 8.46. The fourth-order valence-corrected chi connectivity index (χ4v) is 4.75. The topological polar surface area (TPSA) is 67.6 Å². The van der Waals surface area contributed by atoms with Gasteiger partial charge in [-0.25, -0.2) is 0 Å². The molecule has 156 valence electrons. The monoisotopic (exact) mass is 393 g/mol. The van der Waals surface area contributed by atoms with Crippen LogP contribution in [0.3, 0.4) is 0 Å². The van der Waals surface area contributed by atoms with Crippen LogP contribution in [-0.4, -0.2) is 47.2 Å². The van der Waals surface area contributed by atoms with Crippen LogP contribution in [0.1, 0.15) is 57.9 Å². The third-order valence-corrected chi connectivity index (χ3v) is 6.42. The lowest BCUT2D eigenvalue weighted by molar-refractivity contribution is -0.386. The molecule has 0 radical (unpaired) electrons. The van der Waals surface area contributed by atoms with E-state index in [1.807, 2.05) is 0 Å². The molecule has 3 rings (SSSR count). The van der Waals surface area contributed by atoms with Crippen LogP contribution in [-0.2, 0) is 4.74 Å². The summed E-state index contributed by atoms with van der Waals surface area (Å²) >= 11 is 0. The van der Waals surface area contributed by atoms with Crippen molar-refractivity contribution in [3.63, 3.8) is 0 Å². The third kappa shape index (κ3) is 4.63. The van der Waals surface area contributed by atoms with Crippen molar-refractivity contribution in [2.75, 3.05) is 25.0 Å². The van der Waals surface area contributed by atoms with Gasteiger partial charge in [0.2, 0.25) is 5.82 Å². The van der Waals surface area contributed by atoms with E-state index in [1.165, 1.54) is 6.07 Å². The minimum atomic E-state index is -0.775. The Labute approximate surface area is 166 Å². The maximum Gasteiger partial charge on any atom is 0.327 e. The number of aryl methyl sites for hydroxylation is 1. The summed E-state index contributed by atoms with van der Waals surface area (Å²) in [7, 11) is 0. The van der Waals surface area contributed by atoms with Gasteiger partial charge in [0.1, 0.15) is 5.69 Å². The molecule has 1 heterocycles. The molecule has 1 aromatic rings. The van der Waals surface area contributed by atoms with Crippen LogP contribution < -0.4 is 5.32 Å². The highest BCUT2D eigenvalue weighted by Crippen LogP contribution is 2.37. The maximum absolute atomic E-state index is 14.1. The average Bonchev–Trinajstić information content (AvgIpc) is 2.63. The highest BCUT2D eigenvalue weighted by Gasteiger charge is 2.38. The summed E-state index contributed by atoms with van der Waals surface area (Å²) in [5.41, 5.74) is 0.736. The van der Waals surface area contributed by atoms with Gasteiger partial charge in [0.15, 0.2) is 0 Å². The van der Waals surface area contributed by atoms with E-state index in [0.29, 0.717) is 17.4 Å². The van der Waals surface area contributed by atoms with Gasteiger partial charge in [-0.1, -0.05) is 0 Å². The summed E-state index contributed by atoms with van der Waals surface area (Å²) in [6.45, 7) is 8.84. The summed E-state index contributed by atoms with van der Waals surface area (Å²) in [4.78, 5) is 13.2. The minimum Gasteiger partial charge on any atom is -0.379 e. The minimum absolute atomic E-state index is 0.125. The standard InChI is InChI=1S/C21H32FN3O3/c1-4-28-17-5-9-21(3,10-6-17)24-11-7-16(8-12-24)23-19-14-15(2)13-18(22)20(19)25(26)27/h13-14,16-17,23H,4-12H2,1-3H3. The first-order chi connectivity index (χ1) is 13.3. The SMILES string of the molecule is CCOC1CCC(C)(N2CCC(Nc3cc(C)cc(F)c3[N+](=O)[O-])CC2)CC1. The molecule has 1 aromatic carbocycles. The molecule has 0 bridgehead atoms. The van der Waals surface area contributed by atoms with Gasteiger partial charge in [0.25, 0.3) is 0 Å². The molecule has 1 aliphatic carbocycles. The number of hydrogen-bond donors (Lipinski definition) is 1. The Morgan fingerprint density at radius 1 is 1.29 bits per heavy atom. The molecule has 1 saturated carbocycles. The first-order valence-electron chi connectivity index (χ1n) is 10.4. The first-order valence-corrected chi connectivity index (χ1v) is 10.4. The molecule has 0 unspecified atom stereocenters. The molecule has 0 atom stereocenters. The number of rotatable bonds is 6. The number of likely N-dealkylation sites (tertiary alicyclic amines) is 1. The molecule has 0 amide bonds. The van der Waals surface area contributed by atoms with E-state index in [2.05, 4.69) is 24.1 Å². The van der Waals surface area contributed by atoms with Crippen LogP contribution in [0.25, 0.3) is 0 Å². The number of benzene rings is 1. The van der Waals surface area contributed by atoms with E-state index in [4.69, 9.17) is 4.74 Å². The Morgan fingerprint density at radius 2 is 1.93 bits per heavy atom. The van der Waals surface area contributed by atoms with Crippen LogP contribution >= 0.6 is 0 Å². The predicted molar refractivity (Wildman–Crippen MR) is 108 cm³/mol. The van der Waals surface area contributed by atoms with E-state index in [9.17, 15) is 14.5 Å². The summed E-state index contributed by atoms with van der Waals surface area (Å²) in [5, 5.41) is 14.5. The number of piperidine rings is 1. The van der Waals surface area contributed by atoms with E-state index in [-0.39, 0.29) is 11.6 Å². The number of nitrogens with zero attached hydrogens (tertiary/aromatic N) is 2. The predicted octanol–water partition coefficient (Wildman–Crippen LogP) is 4.66. The van der Waals surface area contributed by atoms with Crippen LogP contribution in [0, 0.1) is 22.9 Å². The van der Waals surface area contributed by atoms with Crippen molar-refractivity contribution in [3.8, 4) is 0 Å².